The molecule has 66 valence electrons. The molecular weight excluding hydrogens is 196 g/mol. The number of hydrogen-bond donors (Lipinski definition) is 0. The number of allylic oxidation sites excluding steroid dienone is 1. The second-order valence-electron chi connectivity index (χ2n) is 2.72. The maximum atomic E-state index is 2.21. The highest BCUT2D eigenvalue weighted by molar-refractivity contribution is 7.14. The van der Waals surface area contributed by atoms with E-state index in [2.05, 4.69) is 47.3 Å². The van der Waals surface area contributed by atoms with Gasteiger partial charge in [-0.05, 0) is 34.7 Å². The molecule has 0 radical (unpaired) electrons. The Morgan fingerprint density at radius 2 is 2.23 bits per heavy atom. The number of rotatable bonds is 2. The van der Waals surface area contributed by atoms with Gasteiger partial charge in [-0.25, -0.2) is 0 Å². The lowest BCUT2D eigenvalue weighted by Crippen LogP contribution is -1.70. The summed E-state index contributed by atoms with van der Waals surface area (Å²) < 4.78 is 0. The van der Waals surface area contributed by atoms with Gasteiger partial charge in [0.05, 0.1) is 0 Å². The van der Waals surface area contributed by atoms with E-state index in [1.54, 1.807) is 22.7 Å². The molecule has 0 N–H and O–H groups in total. The van der Waals surface area contributed by atoms with Crippen LogP contribution < -0.4 is 0 Å². The highest BCUT2D eigenvalue weighted by Crippen LogP contribution is 2.31. The van der Waals surface area contributed by atoms with Crippen molar-refractivity contribution in [3.8, 4) is 10.4 Å². The van der Waals surface area contributed by atoms with Crippen molar-refractivity contribution in [2.24, 2.45) is 0 Å². The molecule has 0 bridgehead atoms. The highest BCUT2D eigenvalue weighted by atomic mass is 32.1. The smallest absolute Gasteiger partial charge is 0.0357 e. The molecule has 0 saturated carbocycles. The third kappa shape index (κ3) is 1.74. The van der Waals surface area contributed by atoms with Crippen molar-refractivity contribution in [3.05, 3.63) is 39.9 Å². The summed E-state index contributed by atoms with van der Waals surface area (Å²) >= 11 is 3.55. The minimum atomic E-state index is 1.33. The summed E-state index contributed by atoms with van der Waals surface area (Å²) in [4.78, 5) is 1.36. The van der Waals surface area contributed by atoms with Crippen molar-refractivity contribution in [2.45, 2.75) is 6.92 Å². The van der Waals surface area contributed by atoms with Gasteiger partial charge in [-0.2, -0.15) is 11.3 Å². The first-order valence-corrected chi connectivity index (χ1v) is 5.97. The van der Waals surface area contributed by atoms with Gasteiger partial charge in [0.2, 0.25) is 0 Å². The topological polar surface area (TPSA) is 0 Å². The van der Waals surface area contributed by atoms with E-state index in [-0.39, 0.29) is 0 Å². The monoisotopic (exact) mass is 206 g/mol. The van der Waals surface area contributed by atoms with Crippen molar-refractivity contribution < 1.29 is 0 Å². The van der Waals surface area contributed by atoms with Crippen LogP contribution >= 0.6 is 22.7 Å². The van der Waals surface area contributed by atoms with E-state index in [0.717, 1.165) is 0 Å². The zero-order chi connectivity index (χ0) is 9.10. The van der Waals surface area contributed by atoms with Crippen LogP contribution in [0.5, 0.6) is 0 Å². The van der Waals surface area contributed by atoms with Crippen LogP contribution in [0, 0.1) is 0 Å². The minimum Gasteiger partial charge on any atom is -0.151 e. The zero-order valence-electron chi connectivity index (χ0n) is 7.36. The van der Waals surface area contributed by atoms with E-state index in [0.29, 0.717) is 0 Å². The average molecular weight is 206 g/mol. The Hall–Kier alpha value is -0.860. The maximum absolute atomic E-state index is 2.21. The van der Waals surface area contributed by atoms with Crippen molar-refractivity contribution in [1.29, 1.82) is 0 Å². The van der Waals surface area contributed by atoms with Crippen molar-refractivity contribution in [1.82, 2.24) is 0 Å². The van der Waals surface area contributed by atoms with Crippen molar-refractivity contribution >= 4 is 28.7 Å². The third-order valence-electron chi connectivity index (χ3n) is 1.82. The van der Waals surface area contributed by atoms with Crippen LogP contribution in [0.4, 0.5) is 0 Å². The first-order valence-electron chi connectivity index (χ1n) is 4.14. The SMILES string of the molecule is CC=Cc1cscc1-c1cccs1. The zero-order valence-corrected chi connectivity index (χ0v) is 8.99. The van der Waals surface area contributed by atoms with Gasteiger partial charge in [0, 0.05) is 10.4 Å². The molecular formula is C11H10S2. The molecule has 0 amide bonds. The molecule has 0 aliphatic carbocycles. The van der Waals surface area contributed by atoms with Crippen LogP contribution in [-0.4, -0.2) is 0 Å². The van der Waals surface area contributed by atoms with Crippen molar-refractivity contribution in [2.75, 3.05) is 0 Å². The second-order valence-corrected chi connectivity index (χ2v) is 4.41. The van der Waals surface area contributed by atoms with E-state index in [1.807, 2.05) is 0 Å². The largest absolute Gasteiger partial charge is 0.151 e. The Morgan fingerprint density at radius 1 is 1.31 bits per heavy atom. The summed E-state index contributed by atoms with van der Waals surface area (Å²) in [7, 11) is 0. The van der Waals surface area contributed by atoms with Gasteiger partial charge in [-0.1, -0.05) is 18.2 Å². The van der Waals surface area contributed by atoms with Crippen LogP contribution in [0.1, 0.15) is 12.5 Å². The standard InChI is InChI=1S/C11H10S2/c1-2-4-9-7-12-8-10(9)11-5-3-6-13-11/h2-8H,1H3. The summed E-state index contributed by atoms with van der Waals surface area (Å²) in [5, 5.41) is 6.52. The predicted molar refractivity (Wildman–Crippen MR) is 62.3 cm³/mol. The van der Waals surface area contributed by atoms with E-state index in [1.165, 1.54) is 16.0 Å². The first-order chi connectivity index (χ1) is 6.42. The lowest BCUT2D eigenvalue weighted by atomic mass is 10.1. The number of hydrogen-bond acceptors (Lipinski definition) is 2. The van der Waals surface area contributed by atoms with Gasteiger partial charge in [0.1, 0.15) is 0 Å². The van der Waals surface area contributed by atoms with E-state index in [9.17, 15) is 0 Å². The molecule has 2 heterocycles. The Balaban J connectivity index is 2.46. The first kappa shape index (κ1) is 8.73. The van der Waals surface area contributed by atoms with Crippen molar-refractivity contribution in [3.63, 3.8) is 0 Å². The van der Waals surface area contributed by atoms with Crippen LogP contribution in [0.3, 0.4) is 0 Å². The Labute approximate surface area is 86.2 Å². The summed E-state index contributed by atoms with van der Waals surface area (Å²) in [6.07, 6.45) is 4.24. The summed E-state index contributed by atoms with van der Waals surface area (Å²) in [6.45, 7) is 2.05. The fraction of sp³-hybridized carbons (Fsp3) is 0.0909. The molecule has 0 nitrogen and oxygen atoms in total. The van der Waals surface area contributed by atoms with Crippen LogP contribution in [0.2, 0.25) is 0 Å². The average Bonchev–Trinajstić information content (AvgIpc) is 2.71. The van der Waals surface area contributed by atoms with Crippen LogP contribution in [-0.2, 0) is 0 Å². The maximum Gasteiger partial charge on any atom is 0.0357 e. The highest BCUT2D eigenvalue weighted by Gasteiger charge is 2.03. The number of thiophene rings is 2. The molecule has 0 spiro atoms. The fourth-order valence-electron chi connectivity index (χ4n) is 1.25. The minimum absolute atomic E-state index is 1.33. The Bertz CT molecular complexity index is 393. The Kier molecular flexibility index (Phi) is 2.62. The molecule has 0 atom stereocenters. The molecule has 2 aromatic rings. The van der Waals surface area contributed by atoms with Gasteiger partial charge >= 0.3 is 0 Å². The predicted octanol–water partition coefficient (Wildman–Crippen LogP) is 4.51. The molecule has 2 heteroatoms. The van der Waals surface area contributed by atoms with Crippen LogP contribution in [0.15, 0.2) is 34.3 Å². The molecule has 0 aliphatic rings. The fourth-order valence-corrected chi connectivity index (χ4v) is 2.91. The quantitative estimate of drug-likeness (QED) is 0.678. The molecule has 0 saturated heterocycles. The van der Waals surface area contributed by atoms with E-state index < -0.39 is 0 Å². The molecule has 13 heavy (non-hydrogen) atoms. The van der Waals surface area contributed by atoms with Gasteiger partial charge in [-0.3, -0.25) is 0 Å². The summed E-state index contributed by atoms with van der Waals surface area (Å²) in [5.41, 5.74) is 2.69. The lowest BCUT2D eigenvalue weighted by molar-refractivity contribution is 1.75. The Morgan fingerprint density at radius 3 is 2.92 bits per heavy atom. The van der Waals surface area contributed by atoms with Gasteiger partial charge in [0.15, 0.2) is 0 Å². The van der Waals surface area contributed by atoms with Gasteiger partial charge in [0.25, 0.3) is 0 Å². The lowest BCUT2D eigenvalue weighted by Gasteiger charge is -1.94. The van der Waals surface area contributed by atoms with Crippen LogP contribution in [0.25, 0.3) is 16.5 Å². The normalized spacial score (nSPS) is 11.2. The van der Waals surface area contributed by atoms with E-state index >= 15 is 0 Å². The third-order valence-corrected chi connectivity index (χ3v) is 3.49. The molecule has 2 aromatic heterocycles. The summed E-state index contributed by atoms with van der Waals surface area (Å²) in [6, 6.07) is 4.26. The van der Waals surface area contributed by atoms with Gasteiger partial charge in [-0.15, -0.1) is 11.3 Å². The molecule has 0 unspecified atom stereocenters. The second kappa shape index (κ2) is 3.90. The molecule has 2 rings (SSSR count). The molecule has 0 fully saturated rings. The molecule has 0 aromatic carbocycles. The summed E-state index contributed by atoms with van der Waals surface area (Å²) in [5.74, 6) is 0. The molecule has 0 aliphatic heterocycles. The van der Waals surface area contributed by atoms with Gasteiger partial charge < -0.3 is 0 Å². The van der Waals surface area contributed by atoms with E-state index in [4.69, 9.17) is 0 Å².